The summed E-state index contributed by atoms with van der Waals surface area (Å²) in [5, 5.41) is 3.13. The van der Waals surface area contributed by atoms with Crippen LogP contribution in [0.15, 0.2) is 30.3 Å². The topological polar surface area (TPSA) is 41.6 Å². The van der Waals surface area contributed by atoms with Crippen molar-refractivity contribution in [2.24, 2.45) is 0 Å². The van der Waals surface area contributed by atoms with Crippen LogP contribution in [-0.2, 0) is 16.0 Å². The third-order valence-electron chi connectivity index (χ3n) is 3.65. The molecule has 0 aliphatic rings. The third-order valence-corrected chi connectivity index (χ3v) is 3.65. The Labute approximate surface area is 128 Å². The fourth-order valence-corrected chi connectivity index (χ4v) is 2.47. The Morgan fingerprint density at radius 1 is 1.29 bits per heavy atom. The van der Waals surface area contributed by atoms with E-state index < -0.39 is 0 Å². The van der Waals surface area contributed by atoms with Crippen LogP contribution >= 0.6 is 0 Å². The molecule has 21 heavy (non-hydrogen) atoms. The summed E-state index contributed by atoms with van der Waals surface area (Å²) < 4.78 is 4.97. The van der Waals surface area contributed by atoms with Gasteiger partial charge in [0.05, 0.1) is 13.2 Å². The van der Waals surface area contributed by atoms with E-state index >= 15 is 0 Å². The van der Waals surface area contributed by atoms with E-state index in [1.54, 1.807) is 7.11 Å². The molecule has 0 fully saturated rings. The van der Waals surface area contributed by atoms with Gasteiger partial charge in [0.1, 0.15) is 0 Å². The van der Waals surface area contributed by atoms with Gasteiger partial charge in [-0.05, 0) is 25.3 Å². The number of hydrogen-bond acceptors (Lipinski definition) is 3. The summed E-state index contributed by atoms with van der Waals surface area (Å²) in [4.78, 5) is 14.3. The maximum atomic E-state index is 12.4. The second kappa shape index (κ2) is 10.4. The molecule has 1 N–H and O–H groups in total. The Kier molecular flexibility index (Phi) is 8.71. The monoisotopic (exact) mass is 292 g/mol. The lowest BCUT2D eigenvalue weighted by Gasteiger charge is -2.30. The molecule has 1 aromatic carbocycles. The molecule has 0 aliphatic heterocycles. The van der Waals surface area contributed by atoms with Crippen molar-refractivity contribution in [3.8, 4) is 0 Å². The minimum Gasteiger partial charge on any atom is -0.383 e. The van der Waals surface area contributed by atoms with Crippen LogP contribution in [0.3, 0.4) is 0 Å². The number of carbonyl (C=O) groups excluding carboxylic acids is 1. The molecular formula is C17H28N2O2. The first kappa shape index (κ1) is 17.7. The van der Waals surface area contributed by atoms with Gasteiger partial charge in [-0.25, -0.2) is 0 Å². The lowest BCUT2D eigenvalue weighted by atomic mass is 10.0. The van der Waals surface area contributed by atoms with Gasteiger partial charge in [0.25, 0.3) is 0 Å². The number of benzene rings is 1. The molecule has 0 heterocycles. The van der Waals surface area contributed by atoms with Crippen molar-refractivity contribution in [1.82, 2.24) is 10.2 Å². The second-order valence-corrected chi connectivity index (χ2v) is 5.10. The van der Waals surface area contributed by atoms with E-state index in [0.717, 1.165) is 19.4 Å². The molecule has 0 radical (unpaired) electrons. The zero-order chi connectivity index (χ0) is 15.5. The van der Waals surface area contributed by atoms with Crippen molar-refractivity contribution >= 4 is 5.91 Å². The van der Waals surface area contributed by atoms with Gasteiger partial charge in [0.2, 0.25) is 5.91 Å². The first-order valence-electron chi connectivity index (χ1n) is 7.75. The number of nitrogens with zero attached hydrogens (tertiary/aromatic N) is 1. The fourth-order valence-electron chi connectivity index (χ4n) is 2.47. The Bertz CT molecular complexity index is 395. The van der Waals surface area contributed by atoms with Crippen molar-refractivity contribution in [2.75, 3.05) is 33.4 Å². The molecule has 1 amide bonds. The molecule has 0 aliphatic carbocycles. The number of carbonyl (C=O) groups is 1. The van der Waals surface area contributed by atoms with E-state index in [4.69, 9.17) is 4.74 Å². The van der Waals surface area contributed by atoms with Gasteiger partial charge in [0, 0.05) is 26.2 Å². The summed E-state index contributed by atoms with van der Waals surface area (Å²) in [6.45, 7) is 6.64. The van der Waals surface area contributed by atoms with Crippen molar-refractivity contribution < 1.29 is 9.53 Å². The lowest BCUT2D eigenvalue weighted by molar-refractivity contribution is -0.132. The van der Waals surface area contributed by atoms with Gasteiger partial charge in [-0.3, -0.25) is 4.79 Å². The fraction of sp³-hybridized carbons (Fsp3) is 0.588. The van der Waals surface area contributed by atoms with Crippen LogP contribution in [0.2, 0.25) is 0 Å². The van der Waals surface area contributed by atoms with Crippen molar-refractivity contribution in [1.29, 1.82) is 0 Å². The SMILES string of the molecule is CCC(Cc1ccccc1)N(CC)C(=O)CNCCOC. The van der Waals surface area contributed by atoms with Gasteiger partial charge in [-0.15, -0.1) is 0 Å². The Morgan fingerprint density at radius 3 is 2.57 bits per heavy atom. The van der Waals surface area contributed by atoms with Crippen LogP contribution in [0.4, 0.5) is 0 Å². The molecule has 1 rings (SSSR count). The van der Waals surface area contributed by atoms with Gasteiger partial charge < -0.3 is 15.0 Å². The summed E-state index contributed by atoms with van der Waals surface area (Å²) >= 11 is 0. The number of hydrogen-bond donors (Lipinski definition) is 1. The molecule has 1 unspecified atom stereocenters. The summed E-state index contributed by atoms with van der Waals surface area (Å²) in [6.07, 6.45) is 1.88. The average molecular weight is 292 g/mol. The van der Waals surface area contributed by atoms with E-state index in [1.807, 2.05) is 30.0 Å². The standard InChI is InChI=1S/C17H28N2O2/c1-4-16(13-15-9-7-6-8-10-15)19(5-2)17(20)14-18-11-12-21-3/h6-10,16,18H,4-5,11-14H2,1-3H3. The Hall–Kier alpha value is -1.39. The number of ether oxygens (including phenoxy) is 1. The van der Waals surface area contributed by atoms with E-state index in [-0.39, 0.29) is 11.9 Å². The molecule has 0 saturated heterocycles. The normalized spacial score (nSPS) is 12.1. The maximum Gasteiger partial charge on any atom is 0.236 e. The molecule has 0 saturated carbocycles. The second-order valence-electron chi connectivity index (χ2n) is 5.10. The number of likely N-dealkylation sites (N-methyl/N-ethyl adjacent to an activating group) is 1. The first-order valence-corrected chi connectivity index (χ1v) is 7.75. The third kappa shape index (κ3) is 6.27. The highest BCUT2D eigenvalue weighted by molar-refractivity contribution is 5.78. The molecule has 0 aromatic heterocycles. The molecule has 1 atom stereocenters. The van der Waals surface area contributed by atoms with E-state index in [2.05, 4.69) is 24.4 Å². The quantitative estimate of drug-likeness (QED) is 0.671. The van der Waals surface area contributed by atoms with Gasteiger partial charge >= 0.3 is 0 Å². The predicted octanol–water partition coefficient (Wildman–Crippen LogP) is 2.09. The van der Waals surface area contributed by atoms with E-state index in [1.165, 1.54) is 5.56 Å². The van der Waals surface area contributed by atoms with Crippen LogP contribution in [0.25, 0.3) is 0 Å². The van der Waals surface area contributed by atoms with Crippen molar-refractivity contribution in [2.45, 2.75) is 32.7 Å². The smallest absolute Gasteiger partial charge is 0.236 e. The molecule has 1 aromatic rings. The zero-order valence-corrected chi connectivity index (χ0v) is 13.5. The molecule has 4 nitrogen and oxygen atoms in total. The van der Waals surface area contributed by atoms with Crippen LogP contribution in [0.5, 0.6) is 0 Å². The Balaban J connectivity index is 2.56. The highest BCUT2D eigenvalue weighted by Crippen LogP contribution is 2.12. The number of rotatable bonds is 10. The minimum absolute atomic E-state index is 0.163. The largest absolute Gasteiger partial charge is 0.383 e. The average Bonchev–Trinajstić information content (AvgIpc) is 2.52. The van der Waals surface area contributed by atoms with Crippen LogP contribution < -0.4 is 5.32 Å². The van der Waals surface area contributed by atoms with Gasteiger partial charge in [0.15, 0.2) is 0 Å². The van der Waals surface area contributed by atoms with Crippen LogP contribution in [0, 0.1) is 0 Å². The highest BCUT2D eigenvalue weighted by Gasteiger charge is 2.20. The summed E-state index contributed by atoms with van der Waals surface area (Å²) in [7, 11) is 1.66. The molecule has 0 spiro atoms. The Morgan fingerprint density at radius 2 is 2.00 bits per heavy atom. The minimum atomic E-state index is 0.163. The van der Waals surface area contributed by atoms with Gasteiger partial charge in [-0.1, -0.05) is 37.3 Å². The van der Waals surface area contributed by atoms with E-state index in [9.17, 15) is 4.79 Å². The van der Waals surface area contributed by atoms with Crippen molar-refractivity contribution in [3.63, 3.8) is 0 Å². The van der Waals surface area contributed by atoms with Crippen LogP contribution in [0.1, 0.15) is 25.8 Å². The zero-order valence-electron chi connectivity index (χ0n) is 13.5. The summed E-state index contributed by atoms with van der Waals surface area (Å²) in [5.41, 5.74) is 1.28. The molecule has 0 bridgehead atoms. The number of nitrogens with one attached hydrogen (secondary N) is 1. The van der Waals surface area contributed by atoms with E-state index in [0.29, 0.717) is 19.7 Å². The first-order chi connectivity index (χ1) is 10.2. The van der Waals surface area contributed by atoms with Crippen molar-refractivity contribution in [3.05, 3.63) is 35.9 Å². The molecule has 118 valence electrons. The number of methoxy groups -OCH3 is 1. The summed E-state index contributed by atoms with van der Waals surface area (Å²) in [5.74, 6) is 0.163. The lowest BCUT2D eigenvalue weighted by Crippen LogP contribution is -2.45. The van der Waals surface area contributed by atoms with Gasteiger partial charge in [-0.2, -0.15) is 0 Å². The molecule has 4 heteroatoms. The molecular weight excluding hydrogens is 264 g/mol. The highest BCUT2D eigenvalue weighted by atomic mass is 16.5. The summed E-state index contributed by atoms with van der Waals surface area (Å²) in [6, 6.07) is 10.6. The predicted molar refractivity (Wildman–Crippen MR) is 86.4 cm³/mol. The number of amides is 1. The van der Waals surface area contributed by atoms with Crippen LogP contribution in [-0.4, -0.2) is 50.2 Å². The maximum absolute atomic E-state index is 12.4.